The van der Waals surface area contributed by atoms with Crippen molar-refractivity contribution in [3.8, 4) is 0 Å². The average Bonchev–Trinajstić information content (AvgIpc) is 2.96. The minimum absolute atomic E-state index is 0.136. The molecule has 3 N–H and O–H groups in total. The molecule has 1 aliphatic heterocycles. The fraction of sp³-hybridized carbons (Fsp3) is 0.250. The number of rotatable bonds is 4. The number of halogens is 3. The zero-order valence-corrected chi connectivity index (χ0v) is 17.3. The van der Waals surface area contributed by atoms with Crippen molar-refractivity contribution in [3.63, 3.8) is 0 Å². The Bertz CT molecular complexity index is 1220. The molecule has 11 heteroatoms. The van der Waals surface area contributed by atoms with E-state index in [1.54, 1.807) is 18.2 Å². The van der Waals surface area contributed by atoms with Crippen LogP contribution in [-0.2, 0) is 4.74 Å². The molecule has 1 fully saturated rings. The largest absolute Gasteiger partial charge is 0.394 e. The summed E-state index contributed by atoms with van der Waals surface area (Å²) in [6.07, 6.45) is -4.97. The summed E-state index contributed by atoms with van der Waals surface area (Å²) in [5.41, 5.74) is -0.794. The molecular formula is C20H16BrF2N3O5. The van der Waals surface area contributed by atoms with Crippen LogP contribution < -0.4 is 11.0 Å². The smallest absolute Gasteiger partial charge is 0.351 e. The predicted molar refractivity (Wildman–Crippen MR) is 110 cm³/mol. The van der Waals surface area contributed by atoms with Gasteiger partial charge in [0.1, 0.15) is 11.9 Å². The van der Waals surface area contributed by atoms with Crippen molar-refractivity contribution in [3.05, 3.63) is 69.2 Å². The van der Waals surface area contributed by atoms with Gasteiger partial charge in [-0.15, -0.1) is 0 Å². The summed E-state index contributed by atoms with van der Waals surface area (Å²) in [7, 11) is 0. The van der Waals surface area contributed by atoms with E-state index in [2.05, 4.69) is 26.2 Å². The third kappa shape index (κ3) is 3.97. The van der Waals surface area contributed by atoms with E-state index in [4.69, 9.17) is 9.84 Å². The molecule has 1 aliphatic rings. The molecule has 0 spiro atoms. The monoisotopic (exact) mass is 495 g/mol. The Morgan fingerprint density at radius 2 is 1.94 bits per heavy atom. The maximum atomic E-state index is 14.2. The summed E-state index contributed by atoms with van der Waals surface area (Å²) in [6, 6.07) is 11.8. The van der Waals surface area contributed by atoms with E-state index in [-0.39, 0.29) is 5.82 Å². The van der Waals surface area contributed by atoms with E-state index >= 15 is 0 Å². The van der Waals surface area contributed by atoms with E-state index < -0.39 is 42.6 Å². The van der Waals surface area contributed by atoms with Gasteiger partial charge in [-0.3, -0.25) is 9.36 Å². The molecule has 0 radical (unpaired) electrons. The van der Waals surface area contributed by atoms with Gasteiger partial charge in [0.25, 0.3) is 5.91 Å². The molecule has 31 heavy (non-hydrogen) atoms. The molecule has 1 amide bonds. The van der Waals surface area contributed by atoms with Crippen molar-refractivity contribution >= 4 is 38.4 Å². The highest BCUT2D eigenvalue weighted by atomic mass is 79.9. The summed E-state index contributed by atoms with van der Waals surface area (Å²) in [5, 5.41) is 22.9. The number of nitrogens with zero attached hydrogens (tertiary/aromatic N) is 2. The van der Waals surface area contributed by atoms with Crippen LogP contribution in [0.25, 0.3) is 10.8 Å². The number of hydrogen-bond donors (Lipinski definition) is 3. The van der Waals surface area contributed by atoms with Gasteiger partial charge in [-0.25, -0.2) is 4.79 Å². The SMILES string of the molecule is O=C(Nc1ccn(C2O[C@H](CO)[C@@H](O)C2(F)F)c(=O)n1)c1ccc2cc(Br)ccc2c1. The lowest BCUT2D eigenvalue weighted by Gasteiger charge is -2.21. The Hall–Kier alpha value is -2.73. The molecule has 2 heterocycles. The molecule has 162 valence electrons. The van der Waals surface area contributed by atoms with Crippen LogP contribution in [0.5, 0.6) is 0 Å². The van der Waals surface area contributed by atoms with Gasteiger partial charge in [0, 0.05) is 16.2 Å². The fourth-order valence-corrected chi connectivity index (χ4v) is 3.70. The quantitative estimate of drug-likeness (QED) is 0.511. The van der Waals surface area contributed by atoms with Gasteiger partial charge in [-0.05, 0) is 41.1 Å². The number of carbonyl (C=O) groups excluding carboxylic acids is 1. The van der Waals surface area contributed by atoms with E-state index in [1.165, 1.54) is 0 Å². The van der Waals surface area contributed by atoms with Gasteiger partial charge in [-0.1, -0.05) is 28.1 Å². The summed E-state index contributed by atoms with van der Waals surface area (Å²) >= 11 is 3.38. The first-order valence-electron chi connectivity index (χ1n) is 9.13. The number of aliphatic hydroxyl groups is 2. The van der Waals surface area contributed by atoms with Crippen molar-refractivity contribution in [2.75, 3.05) is 11.9 Å². The topological polar surface area (TPSA) is 114 Å². The first-order valence-corrected chi connectivity index (χ1v) is 9.92. The second kappa shape index (κ2) is 8.08. The number of fused-ring (bicyclic) bond motifs is 1. The lowest BCUT2D eigenvalue weighted by Crippen LogP contribution is -2.41. The highest BCUT2D eigenvalue weighted by Gasteiger charge is 2.59. The number of amides is 1. The van der Waals surface area contributed by atoms with E-state index in [9.17, 15) is 23.5 Å². The molecule has 3 atom stereocenters. The van der Waals surface area contributed by atoms with Gasteiger partial charge in [0.05, 0.1) is 6.61 Å². The Morgan fingerprint density at radius 1 is 1.23 bits per heavy atom. The van der Waals surface area contributed by atoms with E-state index in [0.717, 1.165) is 27.5 Å². The molecule has 1 aromatic heterocycles. The van der Waals surface area contributed by atoms with Crippen molar-refractivity contribution in [1.82, 2.24) is 9.55 Å². The van der Waals surface area contributed by atoms with Gasteiger partial charge in [-0.2, -0.15) is 13.8 Å². The van der Waals surface area contributed by atoms with Crippen LogP contribution in [0.4, 0.5) is 14.6 Å². The molecule has 3 aromatic rings. The maximum Gasteiger partial charge on any atom is 0.351 e. The lowest BCUT2D eigenvalue weighted by atomic mass is 10.1. The molecule has 1 unspecified atom stereocenters. The summed E-state index contributed by atoms with van der Waals surface area (Å²) in [6.45, 7) is -0.841. The predicted octanol–water partition coefficient (Wildman–Crippen LogP) is 2.30. The first kappa shape index (κ1) is 21.5. The molecule has 8 nitrogen and oxygen atoms in total. The highest BCUT2D eigenvalue weighted by Crippen LogP contribution is 2.42. The van der Waals surface area contributed by atoms with Crippen LogP contribution in [0.3, 0.4) is 0 Å². The summed E-state index contributed by atoms with van der Waals surface area (Å²) in [5.74, 6) is -4.49. The standard InChI is InChI=1S/C20H16BrF2N3O5/c21-13-4-3-10-7-12(2-1-11(10)8-13)17(29)24-15-5-6-26(19(30)25-15)18-20(22,23)16(28)14(9-27)31-18/h1-8,14,16,18,27-28H,9H2,(H,24,25,29,30)/t14-,16-,18?/m1/s1. The minimum atomic E-state index is -3.82. The number of carbonyl (C=O) groups is 1. The third-order valence-electron chi connectivity index (χ3n) is 4.95. The van der Waals surface area contributed by atoms with Crippen molar-refractivity contribution in [2.24, 2.45) is 0 Å². The Kier molecular flexibility index (Phi) is 5.60. The van der Waals surface area contributed by atoms with Gasteiger partial charge in [0.2, 0.25) is 6.23 Å². The highest BCUT2D eigenvalue weighted by molar-refractivity contribution is 9.10. The van der Waals surface area contributed by atoms with E-state index in [1.807, 2.05) is 18.2 Å². The molecule has 0 aliphatic carbocycles. The number of benzene rings is 2. The molecule has 0 bridgehead atoms. The molecule has 4 rings (SSSR count). The number of aliphatic hydroxyl groups excluding tert-OH is 2. The number of alkyl halides is 2. The van der Waals surface area contributed by atoms with Crippen LogP contribution in [0, 0.1) is 0 Å². The second-order valence-electron chi connectivity index (χ2n) is 6.99. The number of aromatic nitrogens is 2. The Morgan fingerprint density at radius 3 is 2.61 bits per heavy atom. The fourth-order valence-electron chi connectivity index (χ4n) is 3.33. The molecule has 0 saturated carbocycles. The zero-order valence-electron chi connectivity index (χ0n) is 15.7. The van der Waals surface area contributed by atoms with Gasteiger partial charge in [0.15, 0.2) is 6.10 Å². The second-order valence-corrected chi connectivity index (χ2v) is 7.91. The Labute approximate surface area is 182 Å². The first-order chi connectivity index (χ1) is 14.7. The van der Waals surface area contributed by atoms with Gasteiger partial charge < -0.3 is 20.3 Å². The lowest BCUT2D eigenvalue weighted by molar-refractivity contribution is -0.140. The minimum Gasteiger partial charge on any atom is -0.394 e. The molecule has 2 aromatic carbocycles. The van der Waals surface area contributed by atoms with Crippen molar-refractivity contribution in [2.45, 2.75) is 24.4 Å². The molecule has 1 saturated heterocycles. The van der Waals surface area contributed by atoms with Crippen LogP contribution in [0.1, 0.15) is 16.6 Å². The van der Waals surface area contributed by atoms with E-state index in [0.29, 0.717) is 10.1 Å². The summed E-state index contributed by atoms with van der Waals surface area (Å²) in [4.78, 5) is 28.4. The number of nitrogens with one attached hydrogen (secondary N) is 1. The summed E-state index contributed by atoms with van der Waals surface area (Å²) < 4.78 is 34.8. The van der Waals surface area contributed by atoms with Crippen molar-refractivity contribution < 1.29 is 28.5 Å². The van der Waals surface area contributed by atoms with Gasteiger partial charge >= 0.3 is 11.6 Å². The molecular weight excluding hydrogens is 480 g/mol. The number of anilines is 1. The van der Waals surface area contributed by atoms with Crippen LogP contribution in [0.15, 0.2) is 57.9 Å². The maximum absolute atomic E-state index is 14.2. The number of ether oxygens (including phenoxy) is 1. The normalized spacial score (nSPS) is 22.5. The average molecular weight is 496 g/mol. The van der Waals surface area contributed by atoms with Crippen LogP contribution in [-0.4, -0.2) is 50.4 Å². The third-order valence-corrected chi connectivity index (χ3v) is 5.44. The van der Waals surface area contributed by atoms with Crippen LogP contribution >= 0.6 is 15.9 Å². The zero-order chi connectivity index (χ0) is 22.3. The number of hydrogen-bond acceptors (Lipinski definition) is 6. The van der Waals surface area contributed by atoms with Crippen LogP contribution in [0.2, 0.25) is 0 Å². The van der Waals surface area contributed by atoms with Crippen molar-refractivity contribution in [1.29, 1.82) is 0 Å². The Balaban J connectivity index is 1.55.